The summed E-state index contributed by atoms with van der Waals surface area (Å²) in [5.41, 5.74) is 3.08. The van der Waals surface area contributed by atoms with Crippen molar-refractivity contribution < 1.29 is 14.6 Å². The van der Waals surface area contributed by atoms with Crippen molar-refractivity contribution in [2.75, 3.05) is 19.6 Å². The summed E-state index contributed by atoms with van der Waals surface area (Å²) in [5.74, 6) is 1.36. The number of fused-ring (bicyclic) bond motifs is 2. The number of aliphatic hydroxyl groups is 1. The smallest absolute Gasteiger partial charge is 0.235 e. The Labute approximate surface area is 195 Å². The number of carbonyl (C=O) groups excluding carboxylic acids is 1. The molecule has 0 aromatic heterocycles. The third kappa shape index (κ3) is 4.03. The van der Waals surface area contributed by atoms with Crippen LogP contribution in [0.2, 0.25) is 0 Å². The van der Waals surface area contributed by atoms with Gasteiger partial charge in [0.2, 0.25) is 5.91 Å². The SMILES string of the molecule is Cc1ccc([C@@H](CN2CCC(O)C2)NC(=O)C2(C)c3ccccc3Oc3ccccc32)cc1. The quantitative estimate of drug-likeness (QED) is 0.617. The van der Waals surface area contributed by atoms with Crippen molar-refractivity contribution in [3.8, 4) is 11.5 Å². The number of para-hydroxylation sites is 2. The van der Waals surface area contributed by atoms with E-state index in [1.165, 1.54) is 5.56 Å². The number of benzene rings is 3. The van der Waals surface area contributed by atoms with E-state index in [1.54, 1.807) is 0 Å². The van der Waals surface area contributed by atoms with E-state index in [-0.39, 0.29) is 18.1 Å². The molecule has 0 aliphatic carbocycles. The number of amides is 1. The summed E-state index contributed by atoms with van der Waals surface area (Å²) in [5, 5.41) is 13.4. The van der Waals surface area contributed by atoms with Crippen molar-refractivity contribution >= 4 is 5.91 Å². The number of carbonyl (C=O) groups is 1. The molecule has 1 fully saturated rings. The molecule has 170 valence electrons. The average molecular weight is 443 g/mol. The van der Waals surface area contributed by atoms with Crippen molar-refractivity contribution in [3.05, 3.63) is 95.1 Å². The standard InChI is InChI=1S/C28H30N2O3/c1-19-11-13-20(14-12-19)24(18-30-16-15-21(31)17-30)29-27(32)28(2)22-7-3-5-9-25(22)33-26-10-6-4-8-23(26)28/h3-14,21,24,31H,15-18H2,1-2H3,(H,29,32)/t21?,24-/m1/s1. The molecule has 3 aromatic carbocycles. The highest BCUT2D eigenvalue weighted by Gasteiger charge is 2.45. The number of hydrogen-bond acceptors (Lipinski definition) is 4. The van der Waals surface area contributed by atoms with Crippen LogP contribution in [-0.2, 0) is 10.2 Å². The zero-order valence-electron chi connectivity index (χ0n) is 19.1. The van der Waals surface area contributed by atoms with Crippen LogP contribution in [0, 0.1) is 6.92 Å². The molecule has 0 saturated carbocycles. The first-order chi connectivity index (χ1) is 15.9. The molecule has 2 heterocycles. The summed E-state index contributed by atoms with van der Waals surface area (Å²) in [6.07, 6.45) is 0.468. The van der Waals surface area contributed by atoms with E-state index in [1.807, 2.05) is 55.5 Å². The molecule has 2 aliphatic rings. The van der Waals surface area contributed by atoms with Crippen LogP contribution >= 0.6 is 0 Å². The summed E-state index contributed by atoms with van der Waals surface area (Å²) in [7, 11) is 0. The molecule has 2 N–H and O–H groups in total. The number of aliphatic hydroxyl groups excluding tert-OH is 1. The second-order valence-electron chi connectivity index (χ2n) is 9.36. The summed E-state index contributed by atoms with van der Waals surface area (Å²) in [4.78, 5) is 16.3. The third-order valence-corrected chi connectivity index (χ3v) is 7.00. The fourth-order valence-corrected chi connectivity index (χ4v) is 5.02. The van der Waals surface area contributed by atoms with Crippen LogP contribution in [0.5, 0.6) is 11.5 Å². The predicted molar refractivity (Wildman–Crippen MR) is 129 cm³/mol. The first-order valence-corrected chi connectivity index (χ1v) is 11.6. The van der Waals surface area contributed by atoms with Gasteiger partial charge >= 0.3 is 0 Å². The van der Waals surface area contributed by atoms with E-state index in [0.29, 0.717) is 24.6 Å². The Bertz CT molecular complexity index is 1110. The highest BCUT2D eigenvalue weighted by atomic mass is 16.5. The van der Waals surface area contributed by atoms with Crippen molar-refractivity contribution in [3.63, 3.8) is 0 Å². The average Bonchev–Trinajstić information content (AvgIpc) is 3.24. The maximum absolute atomic E-state index is 14.1. The molecule has 2 atom stereocenters. The number of nitrogens with one attached hydrogen (secondary N) is 1. The Kier molecular flexibility index (Phi) is 5.69. The second kappa shape index (κ2) is 8.65. The largest absolute Gasteiger partial charge is 0.457 e. The van der Waals surface area contributed by atoms with Gasteiger partial charge in [-0.05, 0) is 38.0 Å². The maximum atomic E-state index is 14.1. The van der Waals surface area contributed by atoms with Gasteiger partial charge in [-0.15, -0.1) is 0 Å². The van der Waals surface area contributed by atoms with E-state index in [2.05, 4.69) is 41.4 Å². The minimum absolute atomic E-state index is 0.0592. The van der Waals surface area contributed by atoms with Crippen LogP contribution in [0.3, 0.4) is 0 Å². The number of ether oxygens (including phenoxy) is 1. The molecule has 0 bridgehead atoms. The Morgan fingerprint density at radius 3 is 2.24 bits per heavy atom. The zero-order chi connectivity index (χ0) is 23.0. The molecule has 5 rings (SSSR count). The van der Waals surface area contributed by atoms with Gasteiger partial charge < -0.3 is 15.2 Å². The van der Waals surface area contributed by atoms with E-state index < -0.39 is 5.41 Å². The summed E-state index contributed by atoms with van der Waals surface area (Å²) < 4.78 is 6.13. The van der Waals surface area contributed by atoms with Gasteiger partial charge in [-0.2, -0.15) is 0 Å². The Balaban J connectivity index is 1.51. The highest BCUT2D eigenvalue weighted by molar-refractivity contribution is 5.94. The topological polar surface area (TPSA) is 61.8 Å². The Morgan fingerprint density at radius 1 is 1.06 bits per heavy atom. The van der Waals surface area contributed by atoms with Crippen LogP contribution in [0.25, 0.3) is 0 Å². The zero-order valence-corrected chi connectivity index (χ0v) is 19.1. The molecule has 1 unspecified atom stereocenters. The first kappa shape index (κ1) is 21.7. The van der Waals surface area contributed by atoms with E-state index in [0.717, 1.165) is 29.7 Å². The number of rotatable bonds is 5. The van der Waals surface area contributed by atoms with Gasteiger partial charge in [0.15, 0.2) is 0 Å². The van der Waals surface area contributed by atoms with Gasteiger partial charge in [0.1, 0.15) is 16.9 Å². The van der Waals surface area contributed by atoms with E-state index >= 15 is 0 Å². The van der Waals surface area contributed by atoms with Gasteiger partial charge in [-0.3, -0.25) is 9.69 Å². The molecular weight excluding hydrogens is 412 g/mol. The monoisotopic (exact) mass is 442 g/mol. The van der Waals surface area contributed by atoms with Crippen LogP contribution in [-0.4, -0.2) is 41.7 Å². The minimum atomic E-state index is -0.890. The maximum Gasteiger partial charge on any atom is 0.235 e. The highest BCUT2D eigenvalue weighted by Crippen LogP contribution is 2.48. The second-order valence-corrected chi connectivity index (χ2v) is 9.36. The summed E-state index contributed by atoms with van der Waals surface area (Å²) >= 11 is 0. The molecule has 5 heteroatoms. The summed E-state index contributed by atoms with van der Waals surface area (Å²) in [6, 6.07) is 23.7. The van der Waals surface area contributed by atoms with Gasteiger partial charge in [0.25, 0.3) is 0 Å². The summed E-state index contributed by atoms with van der Waals surface area (Å²) in [6.45, 7) is 6.16. The molecule has 33 heavy (non-hydrogen) atoms. The number of hydrogen-bond donors (Lipinski definition) is 2. The lowest BCUT2D eigenvalue weighted by Crippen LogP contribution is -2.48. The van der Waals surface area contributed by atoms with E-state index in [4.69, 9.17) is 4.74 Å². The fraction of sp³-hybridized carbons (Fsp3) is 0.321. The van der Waals surface area contributed by atoms with Crippen molar-refractivity contribution in [1.29, 1.82) is 0 Å². The van der Waals surface area contributed by atoms with E-state index in [9.17, 15) is 9.90 Å². The lowest BCUT2D eigenvalue weighted by molar-refractivity contribution is -0.126. The minimum Gasteiger partial charge on any atom is -0.457 e. The van der Waals surface area contributed by atoms with Crippen molar-refractivity contribution in [1.82, 2.24) is 10.2 Å². The molecule has 3 aromatic rings. The molecule has 0 radical (unpaired) electrons. The molecule has 5 nitrogen and oxygen atoms in total. The number of β-amino-alcohol motifs (C(OH)–C–C–N with tert-alkyl or cyclic N) is 1. The lowest BCUT2D eigenvalue weighted by Gasteiger charge is -2.37. The third-order valence-electron chi connectivity index (χ3n) is 7.00. The fourth-order valence-electron chi connectivity index (χ4n) is 5.02. The van der Waals surface area contributed by atoms with Crippen LogP contribution in [0.15, 0.2) is 72.8 Å². The van der Waals surface area contributed by atoms with Gasteiger partial charge in [0, 0.05) is 30.8 Å². The molecule has 0 spiro atoms. The van der Waals surface area contributed by atoms with Crippen LogP contribution in [0.4, 0.5) is 0 Å². The molecule has 1 amide bonds. The molecular formula is C28H30N2O3. The number of nitrogens with zero attached hydrogens (tertiary/aromatic N) is 1. The van der Waals surface area contributed by atoms with Crippen molar-refractivity contribution in [2.45, 2.75) is 37.8 Å². The lowest BCUT2D eigenvalue weighted by atomic mass is 9.73. The van der Waals surface area contributed by atoms with Gasteiger partial charge in [-0.25, -0.2) is 0 Å². The van der Waals surface area contributed by atoms with Gasteiger partial charge in [-0.1, -0.05) is 66.2 Å². The first-order valence-electron chi connectivity index (χ1n) is 11.6. The van der Waals surface area contributed by atoms with Crippen LogP contribution in [0.1, 0.15) is 41.6 Å². The van der Waals surface area contributed by atoms with Gasteiger partial charge in [0.05, 0.1) is 12.1 Å². The Hall–Kier alpha value is -3.15. The normalized spacial score (nSPS) is 19.8. The number of aryl methyl sites for hydroxylation is 1. The number of likely N-dealkylation sites (tertiary alicyclic amines) is 1. The van der Waals surface area contributed by atoms with Crippen LogP contribution < -0.4 is 10.1 Å². The van der Waals surface area contributed by atoms with Crippen molar-refractivity contribution in [2.24, 2.45) is 0 Å². The Morgan fingerprint density at radius 2 is 1.67 bits per heavy atom. The molecule has 1 saturated heterocycles. The predicted octanol–water partition coefficient (Wildman–Crippen LogP) is 4.33. The molecule has 2 aliphatic heterocycles.